The Balaban J connectivity index is 1.59. The maximum Gasteiger partial charge on any atom is 0.243 e. The lowest BCUT2D eigenvalue weighted by atomic mass is 10.1. The second kappa shape index (κ2) is 7.14. The standard InChI is InChI=1S/C21H24N4O2S/c1-15-7-8-19(17(3)13-15)28(26,27)25-11-9-24(10-12-25)21-20-16(2)5-4-6-18(20)22-14-23-21/h4-8,13-14H,9-12H2,1-3H3. The number of fused-ring (bicyclic) bond motifs is 1. The van der Waals surface area contributed by atoms with Crippen LogP contribution in [0.3, 0.4) is 0 Å². The molecule has 2 heterocycles. The van der Waals surface area contributed by atoms with Crippen molar-refractivity contribution in [2.24, 2.45) is 0 Å². The van der Waals surface area contributed by atoms with Gasteiger partial charge in [-0.05, 0) is 44.0 Å². The van der Waals surface area contributed by atoms with Crippen LogP contribution in [0, 0.1) is 20.8 Å². The van der Waals surface area contributed by atoms with E-state index in [1.165, 1.54) is 0 Å². The van der Waals surface area contributed by atoms with E-state index in [1.54, 1.807) is 16.7 Å². The molecule has 0 atom stereocenters. The number of aryl methyl sites for hydroxylation is 3. The van der Waals surface area contributed by atoms with Gasteiger partial charge in [-0.1, -0.05) is 29.8 Å². The average Bonchev–Trinajstić information content (AvgIpc) is 2.67. The van der Waals surface area contributed by atoms with E-state index in [2.05, 4.69) is 27.9 Å². The topological polar surface area (TPSA) is 66.4 Å². The van der Waals surface area contributed by atoms with Gasteiger partial charge in [-0.25, -0.2) is 18.4 Å². The molecule has 3 aromatic rings. The minimum Gasteiger partial charge on any atom is -0.353 e. The quantitative estimate of drug-likeness (QED) is 0.681. The average molecular weight is 397 g/mol. The molecule has 0 aliphatic carbocycles. The molecule has 0 unspecified atom stereocenters. The fraction of sp³-hybridized carbons (Fsp3) is 0.333. The molecule has 0 saturated carbocycles. The van der Waals surface area contributed by atoms with Crippen molar-refractivity contribution in [3.05, 3.63) is 59.4 Å². The zero-order valence-electron chi connectivity index (χ0n) is 16.4. The van der Waals surface area contributed by atoms with Gasteiger partial charge in [-0.15, -0.1) is 0 Å². The summed E-state index contributed by atoms with van der Waals surface area (Å²) in [6, 6.07) is 11.5. The van der Waals surface area contributed by atoms with E-state index in [0.29, 0.717) is 31.1 Å². The van der Waals surface area contributed by atoms with Crippen LogP contribution in [0.5, 0.6) is 0 Å². The molecule has 7 heteroatoms. The van der Waals surface area contributed by atoms with Crippen LogP contribution in [0.1, 0.15) is 16.7 Å². The van der Waals surface area contributed by atoms with Gasteiger partial charge in [0, 0.05) is 31.6 Å². The third-order valence-electron chi connectivity index (χ3n) is 5.34. The maximum absolute atomic E-state index is 13.1. The summed E-state index contributed by atoms with van der Waals surface area (Å²) in [5.41, 5.74) is 3.89. The molecule has 0 radical (unpaired) electrons. The zero-order chi connectivity index (χ0) is 19.9. The van der Waals surface area contributed by atoms with Crippen molar-refractivity contribution >= 4 is 26.7 Å². The van der Waals surface area contributed by atoms with E-state index < -0.39 is 10.0 Å². The number of aromatic nitrogens is 2. The molecule has 6 nitrogen and oxygen atoms in total. The predicted octanol–water partition coefficient (Wildman–Crippen LogP) is 3.07. The van der Waals surface area contributed by atoms with E-state index in [0.717, 1.165) is 33.4 Å². The van der Waals surface area contributed by atoms with Crippen molar-refractivity contribution in [2.75, 3.05) is 31.1 Å². The minimum absolute atomic E-state index is 0.398. The number of hydrogen-bond donors (Lipinski definition) is 0. The van der Waals surface area contributed by atoms with Crippen LogP contribution in [-0.4, -0.2) is 48.9 Å². The molecule has 2 aromatic carbocycles. The number of anilines is 1. The molecule has 1 aliphatic heterocycles. The van der Waals surface area contributed by atoms with Crippen molar-refractivity contribution in [3.63, 3.8) is 0 Å². The van der Waals surface area contributed by atoms with Crippen LogP contribution in [-0.2, 0) is 10.0 Å². The molecule has 146 valence electrons. The predicted molar refractivity (Wildman–Crippen MR) is 111 cm³/mol. The van der Waals surface area contributed by atoms with Crippen molar-refractivity contribution in [1.29, 1.82) is 0 Å². The second-order valence-electron chi connectivity index (χ2n) is 7.33. The van der Waals surface area contributed by atoms with Gasteiger partial charge >= 0.3 is 0 Å². The summed E-state index contributed by atoms with van der Waals surface area (Å²) in [7, 11) is -3.49. The van der Waals surface area contributed by atoms with Gasteiger partial charge in [-0.3, -0.25) is 0 Å². The summed E-state index contributed by atoms with van der Waals surface area (Å²) in [4.78, 5) is 11.4. The van der Waals surface area contributed by atoms with E-state index >= 15 is 0 Å². The first kappa shape index (κ1) is 18.8. The summed E-state index contributed by atoms with van der Waals surface area (Å²) >= 11 is 0. The fourth-order valence-corrected chi connectivity index (χ4v) is 5.50. The van der Waals surface area contributed by atoms with Crippen LogP contribution in [0.25, 0.3) is 10.9 Å². The third-order valence-corrected chi connectivity index (χ3v) is 7.40. The van der Waals surface area contributed by atoms with Crippen molar-refractivity contribution in [1.82, 2.24) is 14.3 Å². The minimum atomic E-state index is -3.49. The SMILES string of the molecule is Cc1ccc(S(=O)(=O)N2CCN(c3ncnc4cccc(C)c34)CC2)c(C)c1. The molecular weight excluding hydrogens is 372 g/mol. The highest BCUT2D eigenvalue weighted by atomic mass is 32.2. The molecular formula is C21H24N4O2S. The van der Waals surface area contributed by atoms with E-state index in [9.17, 15) is 8.42 Å². The summed E-state index contributed by atoms with van der Waals surface area (Å²) in [6.07, 6.45) is 1.58. The Bertz CT molecular complexity index is 1130. The highest BCUT2D eigenvalue weighted by Crippen LogP contribution is 2.28. The summed E-state index contributed by atoms with van der Waals surface area (Å²) < 4.78 is 27.8. The summed E-state index contributed by atoms with van der Waals surface area (Å²) in [5.74, 6) is 0.881. The first-order chi connectivity index (χ1) is 13.4. The Morgan fingerprint density at radius 2 is 1.64 bits per heavy atom. The Hall–Kier alpha value is -2.51. The lowest BCUT2D eigenvalue weighted by Gasteiger charge is -2.35. The van der Waals surface area contributed by atoms with Gasteiger partial charge in [0.2, 0.25) is 10.0 Å². The molecule has 4 rings (SSSR count). The van der Waals surface area contributed by atoms with E-state index in [-0.39, 0.29) is 0 Å². The lowest BCUT2D eigenvalue weighted by Crippen LogP contribution is -2.49. The number of piperazine rings is 1. The zero-order valence-corrected chi connectivity index (χ0v) is 17.2. The summed E-state index contributed by atoms with van der Waals surface area (Å²) in [6.45, 7) is 7.95. The lowest BCUT2D eigenvalue weighted by molar-refractivity contribution is 0.384. The number of benzene rings is 2. The van der Waals surface area contributed by atoms with Gasteiger partial charge in [0.1, 0.15) is 12.1 Å². The number of hydrogen-bond acceptors (Lipinski definition) is 5. The van der Waals surface area contributed by atoms with Crippen LogP contribution in [0.4, 0.5) is 5.82 Å². The first-order valence-corrected chi connectivity index (χ1v) is 10.8. The third kappa shape index (κ3) is 3.25. The molecule has 1 aliphatic rings. The maximum atomic E-state index is 13.1. The summed E-state index contributed by atoms with van der Waals surface area (Å²) in [5, 5.41) is 1.04. The van der Waals surface area contributed by atoms with Gasteiger partial charge in [0.05, 0.1) is 10.4 Å². The largest absolute Gasteiger partial charge is 0.353 e. The van der Waals surface area contributed by atoms with Crippen LogP contribution in [0.15, 0.2) is 47.6 Å². The van der Waals surface area contributed by atoms with Crippen LogP contribution < -0.4 is 4.90 Å². The molecule has 0 spiro atoms. The number of nitrogens with zero attached hydrogens (tertiary/aromatic N) is 4. The molecule has 0 N–H and O–H groups in total. The highest BCUT2D eigenvalue weighted by molar-refractivity contribution is 7.89. The van der Waals surface area contributed by atoms with Crippen molar-refractivity contribution < 1.29 is 8.42 Å². The van der Waals surface area contributed by atoms with Crippen molar-refractivity contribution in [3.8, 4) is 0 Å². The monoisotopic (exact) mass is 396 g/mol. The molecule has 1 saturated heterocycles. The molecule has 1 aromatic heterocycles. The smallest absolute Gasteiger partial charge is 0.243 e. The van der Waals surface area contributed by atoms with Gasteiger partial charge in [0.25, 0.3) is 0 Å². The Labute approximate surface area is 165 Å². The number of sulfonamides is 1. The normalized spacial score (nSPS) is 15.9. The van der Waals surface area contributed by atoms with Gasteiger partial charge in [-0.2, -0.15) is 4.31 Å². The Morgan fingerprint density at radius 3 is 2.36 bits per heavy atom. The first-order valence-electron chi connectivity index (χ1n) is 9.40. The molecule has 1 fully saturated rings. The van der Waals surface area contributed by atoms with E-state index in [4.69, 9.17) is 0 Å². The van der Waals surface area contributed by atoms with Gasteiger partial charge < -0.3 is 4.90 Å². The van der Waals surface area contributed by atoms with Crippen LogP contribution >= 0.6 is 0 Å². The van der Waals surface area contributed by atoms with Crippen LogP contribution in [0.2, 0.25) is 0 Å². The van der Waals surface area contributed by atoms with E-state index in [1.807, 2.05) is 38.1 Å². The second-order valence-corrected chi connectivity index (χ2v) is 9.23. The molecule has 28 heavy (non-hydrogen) atoms. The van der Waals surface area contributed by atoms with Crippen molar-refractivity contribution in [2.45, 2.75) is 25.7 Å². The van der Waals surface area contributed by atoms with Gasteiger partial charge in [0.15, 0.2) is 0 Å². The molecule has 0 bridgehead atoms. The molecule has 0 amide bonds. The fourth-order valence-electron chi connectivity index (χ4n) is 3.87. The number of rotatable bonds is 3. The highest BCUT2D eigenvalue weighted by Gasteiger charge is 2.30. The Morgan fingerprint density at radius 1 is 0.893 bits per heavy atom. The Kier molecular flexibility index (Phi) is 4.81.